The van der Waals surface area contributed by atoms with Gasteiger partial charge in [0.1, 0.15) is 17.2 Å². The number of ketones is 1. The highest BCUT2D eigenvalue weighted by molar-refractivity contribution is 8.00. The first kappa shape index (κ1) is 28.2. The molecule has 0 atom stereocenters. The fraction of sp³-hybridized carbons (Fsp3) is 0.0938. The Morgan fingerprint density at radius 2 is 1.43 bits per heavy atom. The molecule has 0 unspecified atom stereocenters. The second-order valence-corrected chi connectivity index (χ2v) is 9.59. The summed E-state index contributed by atoms with van der Waals surface area (Å²) in [6, 6.07) is 30.1. The first-order valence-electron chi connectivity index (χ1n) is 12.4. The van der Waals surface area contributed by atoms with Gasteiger partial charge in [-0.05, 0) is 60.7 Å². The molecule has 0 bridgehead atoms. The highest BCUT2D eigenvalue weighted by Crippen LogP contribution is 2.27. The maximum Gasteiger partial charge on any atom is 0.272 e. The summed E-state index contributed by atoms with van der Waals surface area (Å²) in [5.41, 5.74) is 2.18. The van der Waals surface area contributed by atoms with E-state index in [-0.39, 0.29) is 11.5 Å². The quantitative estimate of drug-likeness (QED) is 0.133. The predicted molar refractivity (Wildman–Crippen MR) is 158 cm³/mol. The van der Waals surface area contributed by atoms with Gasteiger partial charge in [0, 0.05) is 27.3 Å². The summed E-state index contributed by atoms with van der Waals surface area (Å²) in [5.74, 6) is 0.468. The normalized spacial score (nSPS) is 10.9. The van der Waals surface area contributed by atoms with Crippen LogP contribution < -0.4 is 20.1 Å². The molecule has 7 nitrogen and oxygen atoms in total. The third-order valence-corrected chi connectivity index (χ3v) is 6.86. The molecule has 2 amide bonds. The van der Waals surface area contributed by atoms with Gasteiger partial charge in [-0.3, -0.25) is 14.4 Å². The monoisotopic (exact) mass is 552 g/mol. The van der Waals surface area contributed by atoms with Crippen LogP contribution in [0.5, 0.6) is 11.5 Å². The Bertz CT molecular complexity index is 1500. The fourth-order valence-electron chi connectivity index (χ4n) is 3.74. The Morgan fingerprint density at radius 3 is 2.05 bits per heavy atom. The SMILES string of the molecule is COc1ccc(OC)c(/C=C(\NC(=O)c2ccccc2)C(=O)Nc2ccc(SCC(=O)c3ccccc3)cc2)c1. The van der Waals surface area contributed by atoms with E-state index < -0.39 is 11.8 Å². The van der Waals surface area contributed by atoms with Crippen molar-refractivity contribution in [2.24, 2.45) is 0 Å². The third kappa shape index (κ3) is 7.61. The molecule has 0 heterocycles. The molecule has 40 heavy (non-hydrogen) atoms. The van der Waals surface area contributed by atoms with Crippen LogP contribution in [-0.4, -0.2) is 37.6 Å². The standard InChI is InChI=1S/C32H28N2O5S/c1-38-26-15-18-30(39-2)24(19-26)20-28(34-31(36)23-11-7-4-8-12-23)32(37)33-25-13-16-27(17-14-25)40-21-29(35)22-9-5-3-6-10-22/h3-20H,21H2,1-2H3,(H,33,37)(H,34,36)/b28-20-. The second kappa shape index (κ2) is 13.8. The van der Waals surface area contributed by atoms with Gasteiger partial charge in [0.25, 0.3) is 11.8 Å². The highest BCUT2D eigenvalue weighted by Gasteiger charge is 2.17. The predicted octanol–water partition coefficient (Wildman–Crippen LogP) is 6.09. The zero-order chi connectivity index (χ0) is 28.3. The van der Waals surface area contributed by atoms with Crippen molar-refractivity contribution in [1.29, 1.82) is 0 Å². The van der Waals surface area contributed by atoms with Crippen molar-refractivity contribution < 1.29 is 23.9 Å². The van der Waals surface area contributed by atoms with Crippen molar-refractivity contribution in [3.8, 4) is 11.5 Å². The van der Waals surface area contributed by atoms with Crippen LogP contribution in [0.2, 0.25) is 0 Å². The van der Waals surface area contributed by atoms with E-state index >= 15 is 0 Å². The number of Topliss-reactive ketones (excluding diaryl/α,β-unsaturated/α-hetero) is 1. The number of carbonyl (C=O) groups is 3. The van der Waals surface area contributed by atoms with Gasteiger partial charge in [-0.2, -0.15) is 0 Å². The number of ether oxygens (including phenoxy) is 2. The molecule has 0 aliphatic heterocycles. The van der Waals surface area contributed by atoms with Gasteiger partial charge in [-0.15, -0.1) is 11.8 Å². The minimum atomic E-state index is -0.520. The summed E-state index contributed by atoms with van der Waals surface area (Å²) < 4.78 is 10.8. The number of benzene rings is 4. The molecule has 0 spiro atoms. The van der Waals surface area contributed by atoms with Crippen LogP contribution in [-0.2, 0) is 4.79 Å². The summed E-state index contributed by atoms with van der Waals surface area (Å²) in [6.07, 6.45) is 1.54. The number of nitrogens with one attached hydrogen (secondary N) is 2. The van der Waals surface area contributed by atoms with E-state index in [0.717, 1.165) is 4.90 Å². The topological polar surface area (TPSA) is 93.7 Å². The lowest BCUT2D eigenvalue weighted by atomic mass is 10.1. The van der Waals surface area contributed by atoms with E-state index in [1.54, 1.807) is 79.9 Å². The second-order valence-electron chi connectivity index (χ2n) is 8.54. The molecule has 0 saturated carbocycles. The average molecular weight is 553 g/mol. The number of thioether (sulfide) groups is 1. The van der Waals surface area contributed by atoms with Crippen molar-refractivity contribution in [2.45, 2.75) is 4.90 Å². The third-order valence-electron chi connectivity index (χ3n) is 5.84. The summed E-state index contributed by atoms with van der Waals surface area (Å²) >= 11 is 1.42. The van der Waals surface area contributed by atoms with Crippen LogP contribution in [0.25, 0.3) is 6.08 Å². The first-order valence-corrected chi connectivity index (χ1v) is 13.4. The Kier molecular flexibility index (Phi) is 9.74. The average Bonchev–Trinajstić information content (AvgIpc) is 3.00. The van der Waals surface area contributed by atoms with Gasteiger partial charge in [0.15, 0.2) is 5.78 Å². The minimum absolute atomic E-state index is 0.0207. The summed E-state index contributed by atoms with van der Waals surface area (Å²) in [6.45, 7) is 0. The molecule has 0 radical (unpaired) electrons. The van der Waals surface area contributed by atoms with E-state index in [1.165, 1.54) is 24.9 Å². The van der Waals surface area contributed by atoms with Gasteiger partial charge >= 0.3 is 0 Å². The number of hydrogen-bond acceptors (Lipinski definition) is 6. The molecular weight excluding hydrogens is 524 g/mol. The fourth-order valence-corrected chi connectivity index (χ4v) is 4.53. The maximum absolute atomic E-state index is 13.4. The molecule has 2 N–H and O–H groups in total. The molecule has 202 valence electrons. The van der Waals surface area contributed by atoms with Crippen molar-refractivity contribution in [1.82, 2.24) is 5.32 Å². The van der Waals surface area contributed by atoms with Crippen molar-refractivity contribution in [3.05, 3.63) is 126 Å². The molecule has 4 aromatic carbocycles. The molecule has 0 aromatic heterocycles. The highest BCUT2D eigenvalue weighted by atomic mass is 32.2. The van der Waals surface area contributed by atoms with Gasteiger partial charge < -0.3 is 20.1 Å². The summed E-state index contributed by atoms with van der Waals surface area (Å²) in [4.78, 5) is 39.6. The van der Waals surface area contributed by atoms with E-state index in [0.29, 0.717) is 39.6 Å². The molecular formula is C32H28N2O5S. The molecule has 4 aromatic rings. The molecule has 0 aliphatic rings. The van der Waals surface area contributed by atoms with Gasteiger partial charge in [0.05, 0.1) is 20.0 Å². The van der Waals surface area contributed by atoms with E-state index in [2.05, 4.69) is 10.6 Å². The number of methoxy groups -OCH3 is 2. The van der Waals surface area contributed by atoms with Crippen molar-refractivity contribution >= 4 is 41.1 Å². The lowest BCUT2D eigenvalue weighted by molar-refractivity contribution is -0.113. The lowest BCUT2D eigenvalue weighted by Crippen LogP contribution is -2.30. The molecule has 0 aliphatic carbocycles. The van der Waals surface area contributed by atoms with Crippen molar-refractivity contribution in [2.75, 3.05) is 25.3 Å². The maximum atomic E-state index is 13.4. The zero-order valence-electron chi connectivity index (χ0n) is 22.0. The van der Waals surface area contributed by atoms with Crippen molar-refractivity contribution in [3.63, 3.8) is 0 Å². The summed E-state index contributed by atoms with van der Waals surface area (Å²) in [5, 5.41) is 5.56. The van der Waals surface area contributed by atoms with Crippen LogP contribution in [0.4, 0.5) is 5.69 Å². The number of hydrogen-bond donors (Lipinski definition) is 2. The Labute approximate surface area is 237 Å². The van der Waals surface area contributed by atoms with Crippen LogP contribution in [0.1, 0.15) is 26.3 Å². The Balaban J connectivity index is 1.51. The summed E-state index contributed by atoms with van der Waals surface area (Å²) in [7, 11) is 3.06. The Morgan fingerprint density at radius 1 is 0.775 bits per heavy atom. The van der Waals surface area contributed by atoms with Crippen LogP contribution in [0.3, 0.4) is 0 Å². The van der Waals surface area contributed by atoms with Gasteiger partial charge in [-0.1, -0.05) is 48.5 Å². The van der Waals surface area contributed by atoms with Crippen LogP contribution in [0, 0.1) is 0 Å². The van der Waals surface area contributed by atoms with Gasteiger partial charge in [-0.25, -0.2) is 0 Å². The lowest BCUT2D eigenvalue weighted by Gasteiger charge is -2.13. The smallest absolute Gasteiger partial charge is 0.272 e. The Hall–Kier alpha value is -4.82. The minimum Gasteiger partial charge on any atom is -0.497 e. The first-order chi connectivity index (χ1) is 19.5. The number of amides is 2. The number of rotatable bonds is 11. The molecule has 0 fully saturated rings. The van der Waals surface area contributed by atoms with E-state index in [4.69, 9.17) is 9.47 Å². The van der Waals surface area contributed by atoms with E-state index in [1.807, 2.05) is 30.3 Å². The number of carbonyl (C=O) groups excluding carboxylic acids is 3. The molecule has 8 heteroatoms. The van der Waals surface area contributed by atoms with Crippen LogP contribution in [0.15, 0.2) is 114 Å². The van der Waals surface area contributed by atoms with Gasteiger partial charge in [0.2, 0.25) is 0 Å². The molecule has 4 rings (SSSR count). The zero-order valence-corrected chi connectivity index (χ0v) is 22.9. The largest absolute Gasteiger partial charge is 0.497 e. The van der Waals surface area contributed by atoms with E-state index in [9.17, 15) is 14.4 Å². The van der Waals surface area contributed by atoms with Crippen LogP contribution >= 0.6 is 11.8 Å². The molecule has 0 saturated heterocycles. The number of anilines is 1.